The van der Waals surface area contributed by atoms with E-state index in [1.165, 1.54) is 16.0 Å². The molecule has 4 nitrogen and oxygen atoms in total. The number of thiophene rings is 1. The number of anilines is 1. The first-order valence-corrected chi connectivity index (χ1v) is 11.5. The minimum absolute atomic E-state index is 0.143. The van der Waals surface area contributed by atoms with Crippen LogP contribution in [0.25, 0.3) is 10.2 Å². The van der Waals surface area contributed by atoms with E-state index in [9.17, 15) is 4.79 Å². The van der Waals surface area contributed by atoms with Gasteiger partial charge in [-0.25, -0.2) is 9.97 Å². The first-order chi connectivity index (χ1) is 13.4. The Labute approximate surface area is 174 Å². The Morgan fingerprint density at radius 3 is 2.79 bits per heavy atom. The molecule has 28 heavy (non-hydrogen) atoms. The van der Waals surface area contributed by atoms with Crippen molar-refractivity contribution in [1.29, 1.82) is 0 Å². The van der Waals surface area contributed by atoms with Crippen LogP contribution in [0.1, 0.15) is 48.5 Å². The van der Waals surface area contributed by atoms with Crippen LogP contribution < -0.4 is 4.90 Å². The summed E-state index contributed by atoms with van der Waals surface area (Å²) in [4.78, 5) is 26.9. The van der Waals surface area contributed by atoms with E-state index in [-0.39, 0.29) is 17.9 Å². The molecule has 4 rings (SSSR count). The minimum Gasteiger partial charge on any atom is -0.308 e. The summed E-state index contributed by atoms with van der Waals surface area (Å²) >= 11 is 3.26. The van der Waals surface area contributed by atoms with Crippen LogP contribution in [0.2, 0.25) is 0 Å². The SMILES string of the molecule is Cc1sc2nc(C(C)C)nc(SCC(=O)N3c4ccccc4C[C@@H]3C)c2c1C. The number of thioether (sulfide) groups is 1. The molecular formula is C22H25N3OS2. The van der Waals surface area contributed by atoms with Crippen LogP contribution in [0.3, 0.4) is 0 Å². The molecule has 2 aromatic heterocycles. The third-order valence-electron chi connectivity index (χ3n) is 5.34. The van der Waals surface area contributed by atoms with E-state index in [1.807, 2.05) is 23.1 Å². The Kier molecular flexibility index (Phi) is 5.19. The summed E-state index contributed by atoms with van der Waals surface area (Å²) in [6.45, 7) is 10.6. The fraction of sp³-hybridized carbons (Fsp3) is 0.409. The van der Waals surface area contributed by atoms with Crippen LogP contribution in [-0.2, 0) is 11.2 Å². The quantitative estimate of drug-likeness (QED) is 0.420. The van der Waals surface area contributed by atoms with Gasteiger partial charge in [0, 0.05) is 27.9 Å². The molecule has 0 spiro atoms. The Balaban J connectivity index is 1.63. The lowest BCUT2D eigenvalue weighted by Crippen LogP contribution is -2.37. The topological polar surface area (TPSA) is 46.1 Å². The van der Waals surface area contributed by atoms with Gasteiger partial charge in [0.1, 0.15) is 15.7 Å². The molecule has 0 radical (unpaired) electrons. The second kappa shape index (κ2) is 7.48. The van der Waals surface area contributed by atoms with Gasteiger partial charge in [-0.15, -0.1) is 11.3 Å². The number of carbonyl (C=O) groups is 1. The number of carbonyl (C=O) groups excluding carboxylic acids is 1. The zero-order valence-electron chi connectivity index (χ0n) is 16.9. The second-order valence-electron chi connectivity index (χ2n) is 7.74. The summed E-state index contributed by atoms with van der Waals surface area (Å²) in [6, 6.07) is 8.42. The maximum atomic E-state index is 13.1. The number of aryl methyl sites for hydroxylation is 2. The smallest absolute Gasteiger partial charge is 0.237 e. The van der Waals surface area contributed by atoms with Gasteiger partial charge < -0.3 is 4.90 Å². The van der Waals surface area contributed by atoms with Gasteiger partial charge in [-0.05, 0) is 44.4 Å². The highest BCUT2D eigenvalue weighted by Gasteiger charge is 2.30. The first kappa shape index (κ1) is 19.4. The summed E-state index contributed by atoms with van der Waals surface area (Å²) in [5.41, 5.74) is 3.54. The van der Waals surface area contributed by atoms with E-state index in [2.05, 4.69) is 40.7 Å². The largest absolute Gasteiger partial charge is 0.308 e. The van der Waals surface area contributed by atoms with Crippen molar-refractivity contribution in [3.63, 3.8) is 0 Å². The lowest BCUT2D eigenvalue weighted by Gasteiger charge is -2.22. The van der Waals surface area contributed by atoms with Crippen molar-refractivity contribution in [3.05, 3.63) is 46.1 Å². The van der Waals surface area contributed by atoms with E-state index < -0.39 is 0 Å². The van der Waals surface area contributed by atoms with Crippen LogP contribution in [0.15, 0.2) is 29.3 Å². The Morgan fingerprint density at radius 2 is 2.04 bits per heavy atom. The lowest BCUT2D eigenvalue weighted by molar-refractivity contribution is -0.116. The molecule has 1 atom stereocenters. The Morgan fingerprint density at radius 1 is 1.29 bits per heavy atom. The van der Waals surface area contributed by atoms with Crippen molar-refractivity contribution >= 4 is 44.9 Å². The number of fused-ring (bicyclic) bond motifs is 2. The number of benzene rings is 1. The summed E-state index contributed by atoms with van der Waals surface area (Å²) < 4.78 is 0. The van der Waals surface area contributed by atoms with Gasteiger partial charge in [-0.2, -0.15) is 0 Å². The van der Waals surface area contributed by atoms with Crippen molar-refractivity contribution in [2.24, 2.45) is 0 Å². The second-order valence-corrected chi connectivity index (χ2v) is 9.91. The van der Waals surface area contributed by atoms with E-state index in [0.29, 0.717) is 5.75 Å². The molecule has 0 fully saturated rings. The Hall–Kier alpha value is -1.92. The molecule has 0 saturated heterocycles. The van der Waals surface area contributed by atoms with Crippen LogP contribution in [0.5, 0.6) is 0 Å². The van der Waals surface area contributed by atoms with E-state index >= 15 is 0 Å². The van der Waals surface area contributed by atoms with Gasteiger partial charge in [0.25, 0.3) is 0 Å². The number of para-hydroxylation sites is 1. The molecule has 6 heteroatoms. The van der Waals surface area contributed by atoms with Gasteiger partial charge in [-0.1, -0.05) is 43.8 Å². The molecule has 3 aromatic rings. The van der Waals surface area contributed by atoms with E-state index in [0.717, 1.165) is 33.2 Å². The van der Waals surface area contributed by atoms with Crippen LogP contribution in [0, 0.1) is 13.8 Å². The molecule has 0 saturated carbocycles. The van der Waals surface area contributed by atoms with Gasteiger partial charge in [0.15, 0.2) is 0 Å². The summed E-state index contributed by atoms with van der Waals surface area (Å²) in [5.74, 6) is 1.64. The van der Waals surface area contributed by atoms with Crippen molar-refractivity contribution in [1.82, 2.24) is 9.97 Å². The average Bonchev–Trinajstić information content (AvgIpc) is 3.15. The molecule has 146 valence electrons. The molecule has 1 amide bonds. The van der Waals surface area contributed by atoms with Crippen molar-refractivity contribution in [3.8, 4) is 0 Å². The first-order valence-electron chi connectivity index (χ1n) is 9.67. The molecule has 0 aliphatic carbocycles. The van der Waals surface area contributed by atoms with Gasteiger partial charge in [-0.3, -0.25) is 4.79 Å². The Bertz CT molecular complexity index is 1060. The van der Waals surface area contributed by atoms with Crippen molar-refractivity contribution in [2.45, 2.75) is 58.0 Å². The molecule has 0 bridgehead atoms. The molecule has 0 N–H and O–H groups in total. The van der Waals surface area contributed by atoms with Crippen molar-refractivity contribution in [2.75, 3.05) is 10.7 Å². The molecule has 3 heterocycles. The minimum atomic E-state index is 0.143. The monoisotopic (exact) mass is 411 g/mol. The predicted octanol–water partition coefficient (Wildman–Crippen LogP) is 5.50. The molecule has 0 unspecified atom stereocenters. The highest BCUT2D eigenvalue weighted by molar-refractivity contribution is 8.00. The van der Waals surface area contributed by atoms with Gasteiger partial charge in [0.2, 0.25) is 5.91 Å². The third-order valence-corrected chi connectivity index (χ3v) is 7.40. The number of amides is 1. The summed E-state index contributed by atoms with van der Waals surface area (Å²) in [5, 5.41) is 2.05. The lowest BCUT2D eigenvalue weighted by atomic mass is 10.1. The molecular weight excluding hydrogens is 386 g/mol. The molecule has 1 aliphatic heterocycles. The maximum absolute atomic E-state index is 13.1. The van der Waals surface area contributed by atoms with Crippen LogP contribution in [0.4, 0.5) is 5.69 Å². The van der Waals surface area contributed by atoms with E-state index in [1.54, 1.807) is 23.1 Å². The standard InChI is InChI=1S/C22H25N3OS2/c1-12(2)20-23-21(19-14(4)15(5)28-22(19)24-20)27-11-18(26)25-13(3)10-16-8-6-7-9-17(16)25/h6-9,12-13H,10-11H2,1-5H3/t13-/m0/s1. The number of hydrogen-bond donors (Lipinski definition) is 0. The zero-order chi connectivity index (χ0) is 20.0. The summed E-state index contributed by atoms with van der Waals surface area (Å²) in [6.07, 6.45) is 0.921. The number of nitrogens with zero attached hydrogens (tertiary/aromatic N) is 3. The number of hydrogen-bond acceptors (Lipinski definition) is 5. The van der Waals surface area contributed by atoms with Gasteiger partial charge in [0.05, 0.1) is 5.75 Å². The third kappa shape index (κ3) is 3.33. The number of aromatic nitrogens is 2. The highest BCUT2D eigenvalue weighted by atomic mass is 32.2. The van der Waals surface area contributed by atoms with Crippen molar-refractivity contribution < 1.29 is 4.79 Å². The average molecular weight is 412 g/mol. The van der Waals surface area contributed by atoms with E-state index in [4.69, 9.17) is 9.97 Å². The molecule has 1 aromatic carbocycles. The van der Waals surface area contributed by atoms with Gasteiger partial charge >= 0.3 is 0 Å². The summed E-state index contributed by atoms with van der Waals surface area (Å²) in [7, 11) is 0. The normalized spacial score (nSPS) is 16.2. The fourth-order valence-electron chi connectivity index (χ4n) is 3.74. The number of rotatable bonds is 4. The maximum Gasteiger partial charge on any atom is 0.237 e. The van der Waals surface area contributed by atoms with Crippen LogP contribution >= 0.6 is 23.1 Å². The molecule has 1 aliphatic rings. The predicted molar refractivity (Wildman–Crippen MR) is 119 cm³/mol. The fourth-order valence-corrected chi connectivity index (χ4v) is 5.79. The zero-order valence-corrected chi connectivity index (χ0v) is 18.6. The highest BCUT2D eigenvalue weighted by Crippen LogP contribution is 2.37. The van der Waals surface area contributed by atoms with Crippen LogP contribution in [-0.4, -0.2) is 27.7 Å².